The standard InChI is InChI=1S/C17H17Cl3N2O3S/c1-25-13-4-2-12(3-5-13)21-6-8-22(9-7-21)26(23,24)17-11-15(19)14(18)10-16(17)20/h2-5,10-11H,6-9H2,1H3. The predicted octanol–water partition coefficient (Wildman–Crippen LogP) is 4.17. The SMILES string of the molecule is COc1ccc(N2CCN(S(=O)(=O)c3cc(Cl)c(Cl)cc3Cl)CC2)cc1. The zero-order valence-electron chi connectivity index (χ0n) is 14.0. The molecule has 3 rings (SSSR count). The number of rotatable bonds is 4. The molecule has 26 heavy (non-hydrogen) atoms. The van der Waals surface area contributed by atoms with Crippen LogP contribution in [-0.4, -0.2) is 46.0 Å². The smallest absolute Gasteiger partial charge is 0.244 e. The van der Waals surface area contributed by atoms with Gasteiger partial charge in [0.05, 0.1) is 22.2 Å². The van der Waals surface area contributed by atoms with Gasteiger partial charge in [0, 0.05) is 31.9 Å². The molecule has 2 aromatic carbocycles. The fraction of sp³-hybridized carbons (Fsp3) is 0.294. The number of ether oxygens (including phenoxy) is 1. The molecule has 0 spiro atoms. The summed E-state index contributed by atoms with van der Waals surface area (Å²) in [5, 5.41) is 0.448. The van der Waals surface area contributed by atoms with Gasteiger partial charge < -0.3 is 9.64 Å². The van der Waals surface area contributed by atoms with Gasteiger partial charge in [-0.1, -0.05) is 34.8 Å². The minimum atomic E-state index is -3.74. The first-order valence-corrected chi connectivity index (χ1v) is 10.4. The molecule has 140 valence electrons. The van der Waals surface area contributed by atoms with Crippen LogP contribution in [0.2, 0.25) is 15.1 Å². The van der Waals surface area contributed by atoms with E-state index in [1.165, 1.54) is 16.4 Å². The van der Waals surface area contributed by atoms with Crippen molar-refractivity contribution in [1.29, 1.82) is 0 Å². The summed E-state index contributed by atoms with van der Waals surface area (Å²) in [5.74, 6) is 0.782. The molecular weight excluding hydrogens is 419 g/mol. The first-order valence-electron chi connectivity index (χ1n) is 7.86. The Kier molecular flexibility index (Phi) is 5.89. The van der Waals surface area contributed by atoms with Gasteiger partial charge in [0.2, 0.25) is 10.0 Å². The van der Waals surface area contributed by atoms with E-state index in [-0.39, 0.29) is 20.0 Å². The molecule has 0 radical (unpaired) electrons. The molecule has 0 amide bonds. The van der Waals surface area contributed by atoms with Gasteiger partial charge in [0.15, 0.2) is 0 Å². The lowest BCUT2D eigenvalue weighted by molar-refractivity contribution is 0.384. The Labute approximate surface area is 168 Å². The summed E-state index contributed by atoms with van der Waals surface area (Å²) in [6.45, 7) is 1.85. The van der Waals surface area contributed by atoms with Crippen LogP contribution in [0.4, 0.5) is 5.69 Å². The van der Waals surface area contributed by atoms with Crippen molar-refractivity contribution in [2.24, 2.45) is 0 Å². The van der Waals surface area contributed by atoms with E-state index in [0.29, 0.717) is 26.2 Å². The number of benzene rings is 2. The molecule has 0 aromatic heterocycles. The summed E-state index contributed by atoms with van der Waals surface area (Å²) in [5.41, 5.74) is 1.02. The molecule has 1 aliphatic heterocycles. The second-order valence-corrected chi connectivity index (χ2v) is 8.91. The zero-order valence-corrected chi connectivity index (χ0v) is 17.0. The van der Waals surface area contributed by atoms with Crippen molar-refractivity contribution in [1.82, 2.24) is 4.31 Å². The first kappa shape index (κ1) is 19.6. The Morgan fingerprint density at radius 2 is 1.46 bits per heavy atom. The average Bonchev–Trinajstić information content (AvgIpc) is 2.65. The molecule has 0 aliphatic carbocycles. The van der Waals surface area contributed by atoms with Crippen LogP contribution in [0.15, 0.2) is 41.3 Å². The third kappa shape index (κ3) is 3.89. The van der Waals surface area contributed by atoms with Gasteiger partial charge in [0.1, 0.15) is 10.6 Å². The van der Waals surface area contributed by atoms with Crippen LogP contribution in [-0.2, 0) is 10.0 Å². The van der Waals surface area contributed by atoms with Gasteiger partial charge in [-0.15, -0.1) is 0 Å². The summed E-state index contributed by atoms with van der Waals surface area (Å²) < 4.78 is 32.4. The van der Waals surface area contributed by atoms with Crippen LogP contribution in [0.5, 0.6) is 5.75 Å². The Morgan fingerprint density at radius 1 is 0.885 bits per heavy atom. The monoisotopic (exact) mass is 434 g/mol. The largest absolute Gasteiger partial charge is 0.497 e. The summed E-state index contributed by atoms with van der Waals surface area (Å²) in [6.07, 6.45) is 0. The number of piperazine rings is 1. The Morgan fingerprint density at radius 3 is 2.04 bits per heavy atom. The molecule has 1 aliphatic rings. The van der Waals surface area contributed by atoms with Crippen molar-refractivity contribution >= 4 is 50.5 Å². The average molecular weight is 436 g/mol. The summed E-state index contributed by atoms with van der Waals surface area (Å²) in [7, 11) is -2.12. The van der Waals surface area contributed by atoms with Crippen LogP contribution in [0.3, 0.4) is 0 Å². The molecule has 1 fully saturated rings. The molecule has 0 saturated carbocycles. The van der Waals surface area contributed by atoms with E-state index < -0.39 is 10.0 Å². The number of hydrogen-bond donors (Lipinski definition) is 0. The number of hydrogen-bond acceptors (Lipinski definition) is 4. The van der Waals surface area contributed by atoms with Gasteiger partial charge in [-0.25, -0.2) is 8.42 Å². The Hall–Kier alpha value is -1.18. The highest BCUT2D eigenvalue weighted by Gasteiger charge is 2.30. The van der Waals surface area contributed by atoms with E-state index in [4.69, 9.17) is 39.5 Å². The zero-order chi connectivity index (χ0) is 18.9. The molecule has 1 saturated heterocycles. The van der Waals surface area contributed by atoms with Crippen LogP contribution >= 0.6 is 34.8 Å². The normalized spacial score (nSPS) is 15.9. The van der Waals surface area contributed by atoms with Crippen LogP contribution in [0.25, 0.3) is 0 Å². The fourth-order valence-corrected chi connectivity index (χ4v) is 5.22. The van der Waals surface area contributed by atoms with E-state index in [0.717, 1.165) is 11.4 Å². The molecule has 0 bridgehead atoms. The van der Waals surface area contributed by atoms with E-state index in [1.807, 2.05) is 24.3 Å². The first-order chi connectivity index (χ1) is 12.3. The predicted molar refractivity (Wildman–Crippen MR) is 105 cm³/mol. The minimum absolute atomic E-state index is 0.0218. The van der Waals surface area contributed by atoms with Crippen molar-refractivity contribution in [3.05, 3.63) is 51.5 Å². The fourth-order valence-electron chi connectivity index (χ4n) is 2.82. The maximum Gasteiger partial charge on any atom is 0.244 e. The number of methoxy groups -OCH3 is 1. The van der Waals surface area contributed by atoms with Crippen molar-refractivity contribution < 1.29 is 13.2 Å². The van der Waals surface area contributed by atoms with Crippen LogP contribution in [0, 0.1) is 0 Å². The summed E-state index contributed by atoms with van der Waals surface area (Å²) in [6, 6.07) is 10.3. The maximum atomic E-state index is 12.9. The lowest BCUT2D eigenvalue weighted by Gasteiger charge is -2.35. The highest BCUT2D eigenvalue weighted by molar-refractivity contribution is 7.89. The van der Waals surface area contributed by atoms with Gasteiger partial charge in [0.25, 0.3) is 0 Å². The highest BCUT2D eigenvalue weighted by atomic mass is 35.5. The maximum absolute atomic E-state index is 12.9. The molecule has 2 aromatic rings. The van der Waals surface area contributed by atoms with E-state index in [2.05, 4.69) is 4.90 Å². The minimum Gasteiger partial charge on any atom is -0.497 e. The molecular formula is C17H17Cl3N2O3S. The summed E-state index contributed by atoms with van der Waals surface area (Å²) in [4.78, 5) is 2.11. The van der Waals surface area contributed by atoms with Gasteiger partial charge in [-0.05, 0) is 36.4 Å². The van der Waals surface area contributed by atoms with Crippen LogP contribution < -0.4 is 9.64 Å². The number of sulfonamides is 1. The van der Waals surface area contributed by atoms with Gasteiger partial charge in [-0.2, -0.15) is 4.31 Å². The third-order valence-electron chi connectivity index (χ3n) is 4.27. The van der Waals surface area contributed by atoms with Crippen molar-refractivity contribution in [2.45, 2.75) is 4.90 Å². The lowest BCUT2D eigenvalue weighted by Crippen LogP contribution is -2.48. The number of halogens is 3. The number of nitrogens with zero attached hydrogens (tertiary/aromatic N) is 2. The quantitative estimate of drug-likeness (QED) is 0.677. The molecule has 5 nitrogen and oxygen atoms in total. The topological polar surface area (TPSA) is 49.9 Å². The van der Waals surface area contributed by atoms with Crippen molar-refractivity contribution in [3.63, 3.8) is 0 Å². The molecule has 0 unspecified atom stereocenters. The molecule has 9 heteroatoms. The molecule has 0 atom stereocenters. The van der Waals surface area contributed by atoms with E-state index in [1.54, 1.807) is 7.11 Å². The second kappa shape index (κ2) is 7.82. The molecule has 1 heterocycles. The highest BCUT2D eigenvalue weighted by Crippen LogP contribution is 2.33. The third-order valence-corrected chi connectivity index (χ3v) is 7.35. The van der Waals surface area contributed by atoms with E-state index >= 15 is 0 Å². The van der Waals surface area contributed by atoms with E-state index in [9.17, 15) is 8.42 Å². The molecule has 0 N–H and O–H groups in total. The van der Waals surface area contributed by atoms with Gasteiger partial charge >= 0.3 is 0 Å². The van der Waals surface area contributed by atoms with Crippen LogP contribution in [0.1, 0.15) is 0 Å². The number of anilines is 1. The second-order valence-electron chi connectivity index (χ2n) is 5.79. The van der Waals surface area contributed by atoms with Crippen molar-refractivity contribution in [2.75, 3.05) is 38.2 Å². The van der Waals surface area contributed by atoms with Crippen molar-refractivity contribution in [3.8, 4) is 5.75 Å². The lowest BCUT2D eigenvalue weighted by atomic mass is 10.2. The summed E-state index contributed by atoms with van der Waals surface area (Å²) >= 11 is 17.9. The Bertz CT molecular complexity index is 896. The Balaban J connectivity index is 1.75. The van der Waals surface area contributed by atoms with Gasteiger partial charge in [-0.3, -0.25) is 0 Å².